The van der Waals surface area contributed by atoms with Gasteiger partial charge in [0.25, 0.3) is 0 Å². The molecule has 2 saturated heterocycles. The molecule has 1 saturated carbocycles. The summed E-state index contributed by atoms with van der Waals surface area (Å²) in [5.41, 5.74) is 1.27. The summed E-state index contributed by atoms with van der Waals surface area (Å²) in [5.74, 6) is -1.18. The number of nitrogens with zero attached hydrogens (tertiary/aromatic N) is 4. The molecule has 0 spiro atoms. The van der Waals surface area contributed by atoms with Crippen LogP contribution < -0.4 is 4.90 Å². The lowest BCUT2D eigenvalue weighted by molar-refractivity contribution is 0.0202. The van der Waals surface area contributed by atoms with Crippen LogP contribution in [0.25, 0.3) is 21.5 Å². The zero-order valence-electron chi connectivity index (χ0n) is 26.4. The van der Waals surface area contributed by atoms with E-state index in [2.05, 4.69) is 15.0 Å². The lowest BCUT2D eigenvalue weighted by Gasteiger charge is -2.38. The fourth-order valence-corrected chi connectivity index (χ4v) is 8.68. The highest BCUT2D eigenvalue weighted by Crippen LogP contribution is 2.47. The van der Waals surface area contributed by atoms with Gasteiger partial charge in [0.1, 0.15) is 29.5 Å². The second-order valence-electron chi connectivity index (χ2n) is 12.7. The lowest BCUT2D eigenvalue weighted by atomic mass is 9.99. The predicted octanol–water partition coefficient (Wildman–Crippen LogP) is 6.07. The van der Waals surface area contributed by atoms with Crippen LogP contribution in [0.5, 0.6) is 0 Å². The van der Waals surface area contributed by atoms with Crippen molar-refractivity contribution in [2.24, 2.45) is 0 Å². The molecule has 0 radical (unpaired) electrons. The van der Waals surface area contributed by atoms with Crippen LogP contribution in [0, 0.1) is 5.82 Å². The molecular formula is C34H35Cl2FN4O7S. The first-order valence-electron chi connectivity index (χ1n) is 16.4. The van der Waals surface area contributed by atoms with E-state index >= 15 is 4.39 Å². The van der Waals surface area contributed by atoms with Crippen molar-refractivity contribution in [1.29, 1.82) is 0 Å². The molecule has 2 bridgehead atoms. The summed E-state index contributed by atoms with van der Waals surface area (Å²) in [5, 5.41) is 23.9. The fraction of sp³-hybridized carbons (Fsp3) is 0.471. The fourth-order valence-electron chi connectivity index (χ4n) is 6.94. The summed E-state index contributed by atoms with van der Waals surface area (Å²) in [4.78, 5) is 35.2. The number of piperidine rings is 1. The number of halogens is 3. The minimum Gasteiger partial charge on any atom is -0.461 e. The third-order valence-electron chi connectivity index (χ3n) is 9.40. The van der Waals surface area contributed by atoms with E-state index in [0.717, 1.165) is 31.7 Å². The van der Waals surface area contributed by atoms with Gasteiger partial charge in [0.05, 0.1) is 33.5 Å². The largest absolute Gasteiger partial charge is 0.461 e. The Morgan fingerprint density at radius 2 is 1.71 bits per heavy atom. The van der Waals surface area contributed by atoms with Crippen LogP contribution in [0.2, 0.25) is 10.0 Å². The topological polar surface area (TPSA) is 138 Å². The Hall–Kier alpha value is -3.33. The summed E-state index contributed by atoms with van der Waals surface area (Å²) in [6.45, 7) is 0.871. The Kier molecular flexibility index (Phi) is 10.1. The summed E-state index contributed by atoms with van der Waals surface area (Å²) in [7, 11) is 0. The maximum atomic E-state index is 15.3. The highest BCUT2D eigenvalue weighted by molar-refractivity contribution is 7.22. The molecule has 2 aliphatic heterocycles. The molecule has 4 aromatic rings. The van der Waals surface area contributed by atoms with Crippen molar-refractivity contribution in [2.45, 2.75) is 62.6 Å². The maximum Gasteiger partial charge on any atom is 0.344 e. The van der Waals surface area contributed by atoms with Gasteiger partial charge in [-0.05, 0) is 49.9 Å². The predicted molar refractivity (Wildman–Crippen MR) is 182 cm³/mol. The average molecular weight is 734 g/mol. The molecule has 7 rings (SSSR count). The zero-order valence-corrected chi connectivity index (χ0v) is 28.8. The van der Waals surface area contributed by atoms with Gasteiger partial charge in [-0.1, -0.05) is 45.8 Å². The monoisotopic (exact) mass is 732 g/mol. The van der Waals surface area contributed by atoms with Crippen LogP contribution >= 0.6 is 34.5 Å². The molecule has 4 heterocycles. The van der Waals surface area contributed by atoms with E-state index in [1.807, 2.05) is 0 Å². The number of carbonyl (C=O) groups is 2. The normalized spacial score (nSPS) is 20.4. The highest BCUT2D eigenvalue weighted by atomic mass is 35.5. The van der Waals surface area contributed by atoms with Crippen molar-refractivity contribution in [3.05, 3.63) is 63.1 Å². The van der Waals surface area contributed by atoms with Gasteiger partial charge in [-0.2, -0.15) is 0 Å². The van der Waals surface area contributed by atoms with Crippen molar-refractivity contribution in [3.8, 4) is 11.3 Å². The molecule has 49 heavy (non-hydrogen) atoms. The number of carbonyl (C=O) groups excluding carboxylic acids is 2. The number of hydrogen-bond donors (Lipinski definition) is 2. The van der Waals surface area contributed by atoms with Crippen molar-refractivity contribution in [1.82, 2.24) is 15.0 Å². The molecule has 1 aliphatic carbocycles. The van der Waals surface area contributed by atoms with Crippen LogP contribution in [-0.4, -0.2) is 94.8 Å². The SMILES string of the molecule is O=C(OCCN(CCO)CCO)c1cc(F)c2nc(N3[C@@H]4CC[C@H]3C[C@@H](OC(=O)c3c(-c5c(Cl)cccc5Cl)noc3C3CC3)C4)sc2c1. The zero-order chi connectivity index (χ0) is 34.2. The molecule has 11 nitrogen and oxygen atoms in total. The van der Waals surface area contributed by atoms with Crippen molar-refractivity contribution >= 4 is 61.8 Å². The van der Waals surface area contributed by atoms with Gasteiger partial charge in [-0.3, -0.25) is 4.90 Å². The maximum absolute atomic E-state index is 15.3. The van der Waals surface area contributed by atoms with Gasteiger partial charge in [-0.15, -0.1) is 0 Å². The van der Waals surface area contributed by atoms with Gasteiger partial charge in [0, 0.05) is 56.0 Å². The number of anilines is 1. The van der Waals surface area contributed by atoms with E-state index in [1.165, 1.54) is 11.3 Å². The molecule has 2 aromatic heterocycles. The van der Waals surface area contributed by atoms with E-state index in [4.69, 9.17) is 37.2 Å². The van der Waals surface area contributed by atoms with E-state index in [9.17, 15) is 19.8 Å². The molecule has 0 unspecified atom stereocenters. The minimum absolute atomic E-state index is 0.0311. The smallest absolute Gasteiger partial charge is 0.344 e. The Morgan fingerprint density at radius 1 is 1.02 bits per heavy atom. The third-order valence-corrected chi connectivity index (χ3v) is 11.0. The first-order valence-corrected chi connectivity index (χ1v) is 18.0. The summed E-state index contributed by atoms with van der Waals surface area (Å²) in [6.07, 6.45) is 4.35. The number of thiazole rings is 1. The molecule has 3 atom stereocenters. The Balaban J connectivity index is 1.04. The Morgan fingerprint density at radius 3 is 2.37 bits per heavy atom. The summed E-state index contributed by atoms with van der Waals surface area (Å²) < 4.78 is 33.0. The quantitative estimate of drug-likeness (QED) is 0.155. The Bertz CT molecular complexity index is 1830. The number of rotatable bonds is 13. The van der Waals surface area contributed by atoms with Crippen LogP contribution in [0.1, 0.15) is 70.9 Å². The molecule has 260 valence electrons. The highest BCUT2D eigenvalue weighted by Gasteiger charge is 2.45. The van der Waals surface area contributed by atoms with E-state index < -0.39 is 17.8 Å². The minimum atomic E-state index is -0.663. The Labute approximate surface area is 295 Å². The summed E-state index contributed by atoms with van der Waals surface area (Å²) in [6, 6.07) is 7.90. The van der Waals surface area contributed by atoms with Crippen LogP contribution in [-0.2, 0) is 9.47 Å². The van der Waals surface area contributed by atoms with E-state index in [-0.39, 0.29) is 66.3 Å². The average Bonchev–Trinajstić information content (AvgIpc) is 3.57. The van der Waals surface area contributed by atoms with Crippen molar-refractivity contribution < 1.29 is 38.2 Å². The number of hydrogen-bond acceptors (Lipinski definition) is 12. The van der Waals surface area contributed by atoms with Gasteiger partial charge in [0.2, 0.25) is 0 Å². The first kappa shape index (κ1) is 34.1. The van der Waals surface area contributed by atoms with Crippen LogP contribution in [0.15, 0.2) is 34.9 Å². The number of benzene rings is 2. The lowest BCUT2D eigenvalue weighted by Crippen LogP contribution is -2.46. The van der Waals surface area contributed by atoms with E-state index in [0.29, 0.717) is 63.7 Å². The second kappa shape index (κ2) is 14.5. The van der Waals surface area contributed by atoms with Crippen molar-refractivity contribution in [3.63, 3.8) is 0 Å². The molecule has 3 fully saturated rings. The summed E-state index contributed by atoms with van der Waals surface area (Å²) >= 11 is 14.3. The molecule has 0 amide bonds. The van der Waals surface area contributed by atoms with Crippen LogP contribution in [0.4, 0.5) is 9.52 Å². The van der Waals surface area contributed by atoms with Gasteiger partial charge < -0.3 is 29.1 Å². The standard InChI is InChI=1S/C34H35Cl2FN4O7S/c35-23-2-1-3-24(36)27(23)30-28(31(48-39-30)18-4-5-18)33(45)47-22-16-20-6-7-21(17-22)41(20)34-38-29-25(37)14-19(15-26(29)49-34)32(44)46-13-10-40(8-11-42)9-12-43/h1-3,14-15,18,20-22,42-43H,4-13,16-17H2/t20-,21+,22+. The van der Waals surface area contributed by atoms with Gasteiger partial charge >= 0.3 is 11.9 Å². The van der Waals surface area contributed by atoms with Gasteiger partial charge in [-0.25, -0.2) is 19.0 Å². The number of ether oxygens (including phenoxy) is 2. The molecule has 2 N–H and O–H groups in total. The number of fused-ring (bicyclic) bond motifs is 3. The van der Waals surface area contributed by atoms with Crippen molar-refractivity contribution in [2.75, 3.05) is 44.4 Å². The number of aliphatic hydroxyl groups excluding tert-OH is 2. The first-order chi connectivity index (χ1) is 23.7. The number of aromatic nitrogens is 2. The number of aliphatic hydroxyl groups is 2. The molecule has 2 aromatic carbocycles. The molecule has 15 heteroatoms. The third kappa shape index (κ3) is 7.02. The van der Waals surface area contributed by atoms with E-state index in [1.54, 1.807) is 29.2 Å². The molecule has 3 aliphatic rings. The van der Waals surface area contributed by atoms with Crippen LogP contribution in [0.3, 0.4) is 0 Å². The van der Waals surface area contributed by atoms with Gasteiger partial charge in [0.15, 0.2) is 16.7 Å². The molecular weight excluding hydrogens is 698 g/mol. The number of esters is 2. The second-order valence-corrected chi connectivity index (χ2v) is 14.5.